The van der Waals surface area contributed by atoms with Gasteiger partial charge in [0.25, 0.3) is 11.8 Å². The highest BCUT2D eigenvalue weighted by atomic mass is 32.1. The summed E-state index contributed by atoms with van der Waals surface area (Å²) in [5.74, 6) is -0.310. The number of aromatic nitrogens is 2. The van der Waals surface area contributed by atoms with E-state index in [0.29, 0.717) is 41.6 Å². The summed E-state index contributed by atoms with van der Waals surface area (Å²) in [6, 6.07) is 20.2. The number of aliphatic hydroxyl groups is 1. The number of aromatic amines is 1. The van der Waals surface area contributed by atoms with Gasteiger partial charge in [-0.2, -0.15) is 0 Å². The Bertz CT molecular complexity index is 2340. The number of unbranched alkanes of at least 4 members (excludes halogenated alkanes) is 1. The summed E-state index contributed by atoms with van der Waals surface area (Å²) >= 11 is 1.45. The van der Waals surface area contributed by atoms with Crippen LogP contribution in [0.4, 0.5) is 10.8 Å². The molecule has 3 aromatic carbocycles. The number of carbonyl (C=O) groups excluding carboxylic acids is 4. The number of piperidine rings is 1. The molecule has 0 aliphatic carbocycles. The van der Waals surface area contributed by atoms with Crippen LogP contribution in [0, 0.1) is 0 Å². The quantitative estimate of drug-likeness (QED) is 0.0673. The molecule has 5 aromatic rings. The first kappa shape index (κ1) is 41.8. The topological polar surface area (TPSA) is 179 Å². The molecule has 16 heteroatoms. The molecule has 2 fully saturated rings. The lowest BCUT2D eigenvalue weighted by Crippen LogP contribution is -2.53. The zero-order chi connectivity index (χ0) is 42.3. The number of thiazole rings is 1. The first-order valence-electron chi connectivity index (χ1n) is 21.0. The number of nitrogens with one attached hydrogen (secondary N) is 3. The highest BCUT2D eigenvalue weighted by Crippen LogP contribution is 2.37. The number of ether oxygens (including phenoxy) is 3. The van der Waals surface area contributed by atoms with Crippen LogP contribution in [0.1, 0.15) is 76.4 Å². The Kier molecular flexibility index (Phi) is 13.1. The van der Waals surface area contributed by atoms with Gasteiger partial charge in [0.05, 0.1) is 19.4 Å². The summed E-state index contributed by atoms with van der Waals surface area (Å²) in [5, 5.41) is 18.5. The van der Waals surface area contributed by atoms with Gasteiger partial charge in [0.1, 0.15) is 35.6 Å². The number of carbonyl (C=O) groups is 4. The molecule has 3 aliphatic rings. The number of anilines is 2. The number of benzene rings is 3. The molecule has 3 aliphatic heterocycles. The molecule has 61 heavy (non-hydrogen) atoms. The first-order valence-corrected chi connectivity index (χ1v) is 21.8. The standard InChI is InChI=1S/C45H51N7O8S/c1-2-3-6-30(25-29-27-46-37-8-5-4-7-34(29)37)48-42(55)39-28-47-45(61-39)51-19-17-50(18-20-51)31-9-11-32(12-10-31)59-23-21-58-22-24-60-33-13-14-35-36(26-33)44(57)52(43(35)56)38-15-16-40(53)49-41(38)54/h4-5,7-14,26-28,30,38,44,46,57H,2-3,6,15-25H2,1H3,(H,48,55)(H,49,53,54). The van der Waals surface area contributed by atoms with Gasteiger partial charge in [-0.05, 0) is 73.4 Å². The van der Waals surface area contributed by atoms with Crippen molar-refractivity contribution in [2.24, 2.45) is 0 Å². The summed E-state index contributed by atoms with van der Waals surface area (Å²) in [5.41, 5.74) is 4.09. The maximum atomic E-state index is 13.4. The first-order chi connectivity index (χ1) is 29.7. The fraction of sp³-hybridized carbons (Fsp3) is 0.400. The number of nitrogens with zero attached hydrogens (tertiary/aromatic N) is 4. The Morgan fingerprint density at radius 3 is 2.46 bits per heavy atom. The summed E-state index contributed by atoms with van der Waals surface area (Å²) in [4.78, 5) is 64.6. The van der Waals surface area contributed by atoms with Gasteiger partial charge in [-0.3, -0.25) is 29.4 Å². The molecular weight excluding hydrogens is 799 g/mol. The molecule has 2 aromatic heterocycles. The SMILES string of the molecule is CCCCC(Cc1c[nH]c2ccccc12)NC(=O)c1cnc(N2CCN(c3ccc(OCCOCCOc4ccc5c(c4)C(O)N(C4CCC(=O)NC4=O)C5=O)cc3)CC2)s1. The number of H-pyrrole nitrogens is 1. The van der Waals surface area contributed by atoms with Crippen LogP contribution in [0.25, 0.3) is 10.9 Å². The summed E-state index contributed by atoms with van der Waals surface area (Å²) in [7, 11) is 0. The second kappa shape index (κ2) is 19.2. The second-order valence-electron chi connectivity index (χ2n) is 15.5. The third-order valence-corrected chi connectivity index (χ3v) is 12.5. The van der Waals surface area contributed by atoms with Crippen LogP contribution in [0.2, 0.25) is 0 Å². The molecule has 5 heterocycles. The van der Waals surface area contributed by atoms with E-state index in [4.69, 9.17) is 14.2 Å². The third kappa shape index (κ3) is 9.66. The Balaban J connectivity index is 0.730. The lowest BCUT2D eigenvalue weighted by molar-refractivity contribution is -0.139. The molecule has 320 valence electrons. The van der Waals surface area contributed by atoms with Crippen LogP contribution in [0.15, 0.2) is 79.1 Å². The molecular formula is C45H51N7O8S. The lowest BCUT2D eigenvalue weighted by Gasteiger charge is -2.36. The fourth-order valence-corrected chi connectivity index (χ4v) is 9.03. The number of para-hydroxylation sites is 1. The maximum Gasteiger partial charge on any atom is 0.263 e. The smallest absolute Gasteiger partial charge is 0.263 e. The van der Waals surface area contributed by atoms with Gasteiger partial charge in [0.15, 0.2) is 11.4 Å². The van der Waals surface area contributed by atoms with Crippen LogP contribution >= 0.6 is 11.3 Å². The number of rotatable bonds is 18. The average Bonchev–Trinajstić information content (AvgIpc) is 4.00. The van der Waals surface area contributed by atoms with Gasteiger partial charge < -0.3 is 39.4 Å². The minimum Gasteiger partial charge on any atom is -0.491 e. The van der Waals surface area contributed by atoms with E-state index in [1.54, 1.807) is 24.4 Å². The summed E-state index contributed by atoms with van der Waals surface area (Å²) in [6.45, 7) is 6.68. The number of hydrogen-bond donors (Lipinski definition) is 4. The van der Waals surface area contributed by atoms with E-state index < -0.39 is 30.0 Å². The van der Waals surface area contributed by atoms with Crippen LogP contribution in [-0.2, 0) is 20.7 Å². The van der Waals surface area contributed by atoms with Gasteiger partial charge in [0, 0.05) is 72.6 Å². The van der Waals surface area contributed by atoms with E-state index >= 15 is 0 Å². The summed E-state index contributed by atoms with van der Waals surface area (Å²) in [6.07, 6.45) is 6.53. The molecule has 3 unspecified atom stereocenters. The molecule has 2 saturated heterocycles. The number of piperazine rings is 1. The van der Waals surface area contributed by atoms with Gasteiger partial charge in [-0.25, -0.2) is 4.98 Å². The predicted octanol–water partition coefficient (Wildman–Crippen LogP) is 5.21. The van der Waals surface area contributed by atoms with Gasteiger partial charge in [-0.15, -0.1) is 0 Å². The van der Waals surface area contributed by atoms with Crippen molar-refractivity contribution in [2.45, 2.75) is 63.8 Å². The van der Waals surface area contributed by atoms with Crippen molar-refractivity contribution in [3.05, 3.63) is 101 Å². The number of amides is 4. The monoisotopic (exact) mass is 849 g/mol. The van der Waals surface area contributed by atoms with Crippen molar-refractivity contribution in [1.29, 1.82) is 0 Å². The van der Waals surface area contributed by atoms with Crippen molar-refractivity contribution in [2.75, 3.05) is 62.4 Å². The lowest BCUT2D eigenvalue weighted by atomic mass is 10.0. The van der Waals surface area contributed by atoms with E-state index in [9.17, 15) is 24.3 Å². The maximum absolute atomic E-state index is 13.4. The molecule has 0 bridgehead atoms. The van der Waals surface area contributed by atoms with E-state index in [2.05, 4.69) is 73.9 Å². The molecule has 4 N–H and O–H groups in total. The number of fused-ring (bicyclic) bond motifs is 2. The predicted molar refractivity (Wildman–Crippen MR) is 231 cm³/mol. The van der Waals surface area contributed by atoms with Crippen molar-refractivity contribution < 1.29 is 38.5 Å². The highest BCUT2D eigenvalue weighted by molar-refractivity contribution is 7.17. The average molecular weight is 850 g/mol. The molecule has 0 spiro atoms. The third-order valence-electron chi connectivity index (χ3n) is 11.4. The Morgan fingerprint density at radius 2 is 1.69 bits per heavy atom. The molecule has 0 saturated carbocycles. The van der Waals surface area contributed by atoms with Crippen LogP contribution in [-0.4, -0.2) is 108 Å². The Hall–Kier alpha value is -5.97. The highest BCUT2D eigenvalue weighted by Gasteiger charge is 2.44. The van der Waals surface area contributed by atoms with Crippen LogP contribution < -0.4 is 29.9 Å². The molecule has 8 rings (SSSR count). The molecule has 3 atom stereocenters. The number of imide groups is 1. The number of aliphatic hydroxyl groups excluding tert-OH is 1. The Labute approximate surface area is 358 Å². The zero-order valence-electron chi connectivity index (χ0n) is 34.1. The zero-order valence-corrected chi connectivity index (χ0v) is 35.0. The normalized spacial score (nSPS) is 18.3. The molecule has 0 radical (unpaired) electrons. The fourth-order valence-electron chi connectivity index (χ4n) is 8.16. The second-order valence-corrected chi connectivity index (χ2v) is 16.5. The van der Waals surface area contributed by atoms with Gasteiger partial charge in [0.2, 0.25) is 11.8 Å². The van der Waals surface area contributed by atoms with Crippen molar-refractivity contribution in [1.82, 2.24) is 25.5 Å². The van der Waals surface area contributed by atoms with E-state index in [1.807, 2.05) is 18.2 Å². The van der Waals surface area contributed by atoms with E-state index in [0.717, 1.165) is 78.8 Å². The van der Waals surface area contributed by atoms with Crippen molar-refractivity contribution in [3.8, 4) is 11.5 Å². The Morgan fingerprint density at radius 1 is 0.951 bits per heavy atom. The van der Waals surface area contributed by atoms with Crippen molar-refractivity contribution in [3.63, 3.8) is 0 Å². The largest absolute Gasteiger partial charge is 0.491 e. The van der Waals surface area contributed by atoms with Crippen molar-refractivity contribution >= 4 is 56.7 Å². The number of hydrogen-bond acceptors (Lipinski definition) is 12. The molecule has 15 nitrogen and oxygen atoms in total. The van der Waals surface area contributed by atoms with Crippen LogP contribution in [0.5, 0.6) is 11.5 Å². The van der Waals surface area contributed by atoms with Gasteiger partial charge >= 0.3 is 0 Å². The van der Waals surface area contributed by atoms with Gasteiger partial charge in [-0.1, -0.05) is 49.3 Å². The minimum atomic E-state index is -1.31. The van der Waals surface area contributed by atoms with Crippen LogP contribution in [0.3, 0.4) is 0 Å². The molecule has 4 amide bonds. The summed E-state index contributed by atoms with van der Waals surface area (Å²) < 4.78 is 17.4. The van der Waals surface area contributed by atoms with E-state index in [1.165, 1.54) is 22.3 Å². The minimum absolute atomic E-state index is 0.0402. The van der Waals surface area contributed by atoms with E-state index in [-0.39, 0.29) is 31.4 Å².